The number of hydrogen-bond donors (Lipinski definition) is 1. The van der Waals surface area contributed by atoms with E-state index >= 15 is 0 Å². The standard InChI is InChI=1S/C19H31N3O2/c1-4-20-19(22(2)14-17-10-12-24-15-17)21-11-6-8-16-7-5-9-18(13-16)23-3/h5,7,9,13,17H,4,6,8,10-12,14-15H2,1-3H3,(H,20,21). The zero-order valence-electron chi connectivity index (χ0n) is 15.3. The number of benzene rings is 1. The first kappa shape index (κ1) is 18.6. The molecule has 5 nitrogen and oxygen atoms in total. The Morgan fingerprint density at radius 2 is 2.33 bits per heavy atom. The molecule has 1 aromatic carbocycles. The van der Waals surface area contributed by atoms with Crippen LogP contribution < -0.4 is 10.1 Å². The fourth-order valence-electron chi connectivity index (χ4n) is 2.97. The van der Waals surface area contributed by atoms with Crippen molar-refractivity contribution in [1.29, 1.82) is 0 Å². The molecule has 1 N–H and O–H groups in total. The fraction of sp³-hybridized carbons (Fsp3) is 0.632. The van der Waals surface area contributed by atoms with Gasteiger partial charge in [0, 0.05) is 39.2 Å². The molecule has 1 aromatic rings. The summed E-state index contributed by atoms with van der Waals surface area (Å²) in [5, 5.41) is 3.39. The summed E-state index contributed by atoms with van der Waals surface area (Å²) >= 11 is 0. The van der Waals surface area contributed by atoms with Crippen molar-refractivity contribution < 1.29 is 9.47 Å². The molecule has 0 bridgehead atoms. The SMILES string of the molecule is CCNC(=NCCCc1cccc(OC)c1)N(C)CC1CCOC1. The number of rotatable bonds is 8. The monoisotopic (exact) mass is 333 g/mol. The summed E-state index contributed by atoms with van der Waals surface area (Å²) in [6.45, 7) is 6.59. The lowest BCUT2D eigenvalue weighted by molar-refractivity contribution is 0.181. The van der Waals surface area contributed by atoms with E-state index in [4.69, 9.17) is 14.5 Å². The van der Waals surface area contributed by atoms with Gasteiger partial charge in [0.15, 0.2) is 5.96 Å². The molecule has 1 saturated heterocycles. The Bertz CT molecular complexity index is 513. The predicted molar refractivity (Wildman–Crippen MR) is 98.8 cm³/mol. The molecule has 0 aromatic heterocycles. The fourth-order valence-corrected chi connectivity index (χ4v) is 2.97. The predicted octanol–water partition coefficient (Wildman–Crippen LogP) is 2.56. The average Bonchev–Trinajstić information content (AvgIpc) is 3.10. The Kier molecular flexibility index (Phi) is 7.89. The molecule has 1 aliphatic rings. The van der Waals surface area contributed by atoms with E-state index in [2.05, 4.69) is 36.3 Å². The van der Waals surface area contributed by atoms with Gasteiger partial charge < -0.3 is 19.7 Å². The third-order valence-corrected chi connectivity index (χ3v) is 4.27. The molecule has 0 radical (unpaired) electrons. The van der Waals surface area contributed by atoms with Crippen LogP contribution in [-0.2, 0) is 11.2 Å². The average molecular weight is 333 g/mol. The van der Waals surface area contributed by atoms with E-state index in [9.17, 15) is 0 Å². The largest absolute Gasteiger partial charge is 0.497 e. The lowest BCUT2D eigenvalue weighted by Gasteiger charge is -2.24. The van der Waals surface area contributed by atoms with Crippen LogP contribution in [-0.4, -0.2) is 57.9 Å². The Morgan fingerprint density at radius 3 is 3.04 bits per heavy atom. The molecule has 0 spiro atoms. The van der Waals surface area contributed by atoms with Gasteiger partial charge >= 0.3 is 0 Å². The zero-order valence-corrected chi connectivity index (χ0v) is 15.3. The van der Waals surface area contributed by atoms with Gasteiger partial charge in [0.25, 0.3) is 0 Å². The van der Waals surface area contributed by atoms with Crippen molar-refractivity contribution in [2.75, 3.05) is 47.0 Å². The molecule has 1 atom stereocenters. The maximum Gasteiger partial charge on any atom is 0.193 e. The number of methoxy groups -OCH3 is 1. The van der Waals surface area contributed by atoms with Crippen molar-refractivity contribution in [2.24, 2.45) is 10.9 Å². The van der Waals surface area contributed by atoms with Gasteiger partial charge in [0.05, 0.1) is 13.7 Å². The van der Waals surface area contributed by atoms with Crippen LogP contribution in [0.1, 0.15) is 25.3 Å². The Morgan fingerprint density at radius 1 is 1.46 bits per heavy atom. The van der Waals surface area contributed by atoms with Crippen molar-refractivity contribution in [3.8, 4) is 5.75 Å². The normalized spacial score (nSPS) is 17.8. The maximum absolute atomic E-state index is 5.47. The molecule has 24 heavy (non-hydrogen) atoms. The van der Waals surface area contributed by atoms with E-state index in [1.165, 1.54) is 5.56 Å². The third kappa shape index (κ3) is 6.04. The van der Waals surface area contributed by atoms with Crippen molar-refractivity contribution >= 4 is 5.96 Å². The van der Waals surface area contributed by atoms with E-state index in [0.717, 1.165) is 63.8 Å². The summed E-state index contributed by atoms with van der Waals surface area (Å²) < 4.78 is 10.7. The smallest absolute Gasteiger partial charge is 0.193 e. The van der Waals surface area contributed by atoms with Gasteiger partial charge in [-0.25, -0.2) is 0 Å². The number of nitrogens with one attached hydrogen (secondary N) is 1. The summed E-state index contributed by atoms with van der Waals surface area (Å²) in [6.07, 6.45) is 3.20. The second-order valence-electron chi connectivity index (χ2n) is 6.30. The summed E-state index contributed by atoms with van der Waals surface area (Å²) in [4.78, 5) is 7.00. The topological polar surface area (TPSA) is 46.1 Å². The lowest BCUT2D eigenvalue weighted by Crippen LogP contribution is -2.41. The Hall–Kier alpha value is -1.75. The number of guanidine groups is 1. The Balaban J connectivity index is 1.81. The zero-order chi connectivity index (χ0) is 17.2. The van der Waals surface area contributed by atoms with Gasteiger partial charge in [0.1, 0.15) is 5.75 Å². The number of hydrogen-bond acceptors (Lipinski definition) is 3. The molecule has 1 unspecified atom stereocenters. The highest BCUT2D eigenvalue weighted by molar-refractivity contribution is 5.79. The first-order valence-corrected chi connectivity index (χ1v) is 8.93. The van der Waals surface area contributed by atoms with Crippen LogP contribution in [0.3, 0.4) is 0 Å². The molecular weight excluding hydrogens is 302 g/mol. The van der Waals surface area contributed by atoms with E-state index in [-0.39, 0.29) is 0 Å². The van der Waals surface area contributed by atoms with Crippen LogP contribution in [0.4, 0.5) is 0 Å². The van der Waals surface area contributed by atoms with Gasteiger partial charge in [-0.1, -0.05) is 12.1 Å². The molecule has 1 fully saturated rings. The van der Waals surface area contributed by atoms with E-state index < -0.39 is 0 Å². The van der Waals surface area contributed by atoms with Gasteiger partial charge in [-0.15, -0.1) is 0 Å². The van der Waals surface area contributed by atoms with Crippen molar-refractivity contribution in [3.05, 3.63) is 29.8 Å². The van der Waals surface area contributed by atoms with Crippen molar-refractivity contribution in [2.45, 2.75) is 26.2 Å². The van der Waals surface area contributed by atoms with Crippen LogP contribution in [0.5, 0.6) is 5.75 Å². The third-order valence-electron chi connectivity index (χ3n) is 4.27. The van der Waals surface area contributed by atoms with Gasteiger partial charge in [-0.05, 0) is 43.9 Å². The lowest BCUT2D eigenvalue weighted by atomic mass is 10.1. The van der Waals surface area contributed by atoms with Crippen LogP contribution >= 0.6 is 0 Å². The first-order valence-electron chi connectivity index (χ1n) is 8.93. The summed E-state index contributed by atoms with van der Waals surface area (Å²) in [6, 6.07) is 8.26. The summed E-state index contributed by atoms with van der Waals surface area (Å²) in [7, 11) is 3.82. The molecule has 0 saturated carbocycles. The summed E-state index contributed by atoms with van der Waals surface area (Å²) in [5.41, 5.74) is 1.30. The quantitative estimate of drug-likeness (QED) is 0.451. The van der Waals surface area contributed by atoms with Crippen LogP contribution in [0.25, 0.3) is 0 Å². The maximum atomic E-state index is 5.47. The van der Waals surface area contributed by atoms with E-state index in [0.29, 0.717) is 5.92 Å². The minimum Gasteiger partial charge on any atom is -0.497 e. The molecule has 1 aliphatic heterocycles. The van der Waals surface area contributed by atoms with E-state index in [1.54, 1.807) is 7.11 Å². The first-order chi connectivity index (χ1) is 11.7. The van der Waals surface area contributed by atoms with Crippen LogP contribution in [0, 0.1) is 5.92 Å². The van der Waals surface area contributed by atoms with Crippen molar-refractivity contribution in [3.63, 3.8) is 0 Å². The van der Waals surface area contributed by atoms with Crippen LogP contribution in [0.15, 0.2) is 29.3 Å². The van der Waals surface area contributed by atoms with Crippen LogP contribution in [0.2, 0.25) is 0 Å². The second-order valence-corrected chi connectivity index (χ2v) is 6.30. The highest BCUT2D eigenvalue weighted by atomic mass is 16.5. The molecular formula is C19H31N3O2. The highest BCUT2D eigenvalue weighted by Gasteiger charge is 2.18. The highest BCUT2D eigenvalue weighted by Crippen LogP contribution is 2.14. The molecule has 2 rings (SSSR count). The molecule has 134 valence electrons. The summed E-state index contributed by atoms with van der Waals surface area (Å²) in [5.74, 6) is 2.54. The van der Waals surface area contributed by atoms with Gasteiger partial charge in [-0.3, -0.25) is 4.99 Å². The minimum absolute atomic E-state index is 0.621. The molecule has 0 amide bonds. The molecule has 0 aliphatic carbocycles. The number of aryl methyl sites for hydroxylation is 1. The number of aliphatic imine (C=N–C) groups is 1. The van der Waals surface area contributed by atoms with Gasteiger partial charge in [-0.2, -0.15) is 0 Å². The molecule has 1 heterocycles. The van der Waals surface area contributed by atoms with Crippen molar-refractivity contribution in [1.82, 2.24) is 10.2 Å². The molecule has 5 heteroatoms. The number of nitrogens with zero attached hydrogens (tertiary/aromatic N) is 2. The minimum atomic E-state index is 0.621. The van der Waals surface area contributed by atoms with E-state index in [1.807, 2.05) is 12.1 Å². The van der Waals surface area contributed by atoms with Gasteiger partial charge in [0.2, 0.25) is 0 Å². The second kappa shape index (κ2) is 10.2. The Labute approximate surface area is 146 Å². The number of ether oxygens (including phenoxy) is 2.